The van der Waals surface area contributed by atoms with Gasteiger partial charge in [-0.1, -0.05) is 24.3 Å². The molecule has 3 rings (SSSR count). The second-order valence-corrected chi connectivity index (χ2v) is 6.58. The summed E-state index contributed by atoms with van der Waals surface area (Å²) in [7, 11) is 3.14. The molecule has 1 N–H and O–H groups in total. The first-order chi connectivity index (χ1) is 14.1. The quantitative estimate of drug-likeness (QED) is 0.630. The molecule has 0 aliphatic rings. The highest BCUT2D eigenvalue weighted by Gasteiger charge is 2.21. The van der Waals surface area contributed by atoms with Crippen molar-refractivity contribution < 1.29 is 18.7 Å². The van der Waals surface area contributed by atoms with Crippen LogP contribution in [0.2, 0.25) is 0 Å². The molecule has 0 saturated heterocycles. The van der Waals surface area contributed by atoms with Crippen LogP contribution in [0, 0.1) is 5.82 Å². The molecule has 2 aromatic carbocycles. The monoisotopic (exact) mass is 394 g/mol. The molecule has 1 unspecified atom stereocenters. The van der Waals surface area contributed by atoms with Crippen molar-refractivity contribution in [3.05, 3.63) is 89.5 Å². The van der Waals surface area contributed by atoms with E-state index in [2.05, 4.69) is 10.3 Å². The van der Waals surface area contributed by atoms with Crippen molar-refractivity contribution in [1.82, 2.24) is 10.3 Å². The van der Waals surface area contributed by atoms with Gasteiger partial charge in [0.05, 0.1) is 20.1 Å². The van der Waals surface area contributed by atoms with Crippen LogP contribution in [-0.4, -0.2) is 25.1 Å². The molecule has 0 spiro atoms. The van der Waals surface area contributed by atoms with Crippen LogP contribution in [0.4, 0.5) is 4.39 Å². The van der Waals surface area contributed by atoms with Crippen molar-refractivity contribution in [2.75, 3.05) is 14.2 Å². The van der Waals surface area contributed by atoms with Gasteiger partial charge in [-0.3, -0.25) is 9.78 Å². The van der Waals surface area contributed by atoms with Crippen LogP contribution < -0.4 is 14.8 Å². The zero-order valence-electron chi connectivity index (χ0n) is 16.4. The predicted octanol–water partition coefficient (Wildman–Crippen LogP) is 3.88. The molecule has 1 heterocycles. The summed E-state index contributed by atoms with van der Waals surface area (Å²) in [6, 6.07) is 15.3. The number of hydrogen-bond acceptors (Lipinski definition) is 4. The third kappa shape index (κ3) is 5.31. The van der Waals surface area contributed by atoms with Crippen molar-refractivity contribution in [3.8, 4) is 11.5 Å². The number of benzene rings is 2. The molecule has 0 radical (unpaired) electrons. The average Bonchev–Trinajstić information content (AvgIpc) is 2.77. The van der Waals surface area contributed by atoms with E-state index in [1.807, 2.05) is 24.3 Å². The van der Waals surface area contributed by atoms with Gasteiger partial charge < -0.3 is 14.8 Å². The minimum atomic E-state index is -0.458. The number of amides is 1. The van der Waals surface area contributed by atoms with E-state index in [9.17, 15) is 9.18 Å². The summed E-state index contributed by atoms with van der Waals surface area (Å²) in [5.41, 5.74) is 2.57. The van der Waals surface area contributed by atoms with Gasteiger partial charge >= 0.3 is 0 Å². The molecule has 0 saturated carbocycles. The number of pyridine rings is 1. The van der Waals surface area contributed by atoms with Crippen LogP contribution in [0.5, 0.6) is 11.5 Å². The standard InChI is InChI=1S/C23H23FN2O3/c1-28-21-10-5-17(13-22(21)29-2)15-26-23(27)20(12-16-4-3-11-25-14-16)18-6-8-19(24)9-7-18/h3-11,13-14,20H,12,15H2,1-2H3,(H,26,27). The second-order valence-electron chi connectivity index (χ2n) is 6.58. The topological polar surface area (TPSA) is 60.5 Å². The molecule has 6 heteroatoms. The molecule has 0 aliphatic carbocycles. The molecular formula is C23H23FN2O3. The van der Waals surface area contributed by atoms with Crippen LogP contribution in [0.1, 0.15) is 22.6 Å². The smallest absolute Gasteiger partial charge is 0.228 e. The van der Waals surface area contributed by atoms with E-state index >= 15 is 0 Å². The van der Waals surface area contributed by atoms with Gasteiger partial charge in [-0.25, -0.2) is 4.39 Å². The number of aromatic nitrogens is 1. The molecule has 5 nitrogen and oxygen atoms in total. The summed E-state index contributed by atoms with van der Waals surface area (Å²) in [6.45, 7) is 0.337. The van der Waals surface area contributed by atoms with Gasteiger partial charge in [-0.05, 0) is 53.4 Å². The molecule has 1 aromatic heterocycles. The lowest BCUT2D eigenvalue weighted by Gasteiger charge is -2.18. The number of carbonyl (C=O) groups is 1. The van der Waals surface area contributed by atoms with E-state index in [0.29, 0.717) is 24.5 Å². The zero-order valence-corrected chi connectivity index (χ0v) is 16.4. The SMILES string of the molecule is COc1ccc(CNC(=O)C(Cc2cccnc2)c2ccc(F)cc2)cc1OC. The summed E-state index contributed by atoms with van der Waals surface area (Å²) in [5.74, 6) is 0.294. The molecule has 1 amide bonds. The van der Waals surface area contributed by atoms with E-state index in [-0.39, 0.29) is 11.7 Å². The molecule has 150 valence electrons. The van der Waals surface area contributed by atoms with Crippen molar-refractivity contribution in [1.29, 1.82) is 0 Å². The van der Waals surface area contributed by atoms with E-state index in [1.54, 1.807) is 44.8 Å². The van der Waals surface area contributed by atoms with Gasteiger partial charge in [0, 0.05) is 18.9 Å². The Bertz CT molecular complexity index is 946. The third-order valence-electron chi connectivity index (χ3n) is 4.67. The normalized spacial score (nSPS) is 11.6. The number of carbonyl (C=O) groups excluding carboxylic acids is 1. The number of rotatable bonds is 8. The summed E-state index contributed by atoms with van der Waals surface area (Å²) in [6.07, 6.45) is 3.89. The van der Waals surface area contributed by atoms with Crippen molar-refractivity contribution in [2.24, 2.45) is 0 Å². The molecular weight excluding hydrogens is 371 g/mol. The van der Waals surface area contributed by atoms with E-state index in [1.165, 1.54) is 12.1 Å². The number of halogens is 1. The molecule has 29 heavy (non-hydrogen) atoms. The van der Waals surface area contributed by atoms with Crippen LogP contribution in [0.15, 0.2) is 67.0 Å². The Morgan fingerprint density at radius 3 is 2.45 bits per heavy atom. The van der Waals surface area contributed by atoms with Gasteiger partial charge in [-0.15, -0.1) is 0 Å². The van der Waals surface area contributed by atoms with E-state index in [0.717, 1.165) is 16.7 Å². The van der Waals surface area contributed by atoms with Crippen LogP contribution >= 0.6 is 0 Å². The van der Waals surface area contributed by atoms with Crippen LogP contribution in [0.25, 0.3) is 0 Å². The summed E-state index contributed by atoms with van der Waals surface area (Å²) in [5, 5.41) is 2.97. The zero-order chi connectivity index (χ0) is 20.6. The molecule has 1 atom stereocenters. The Morgan fingerprint density at radius 2 is 1.79 bits per heavy atom. The Hall–Kier alpha value is -3.41. The first-order valence-electron chi connectivity index (χ1n) is 9.23. The van der Waals surface area contributed by atoms with Crippen LogP contribution in [-0.2, 0) is 17.8 Å². The highest BCUT2D eigenvalue weighted by molar-refractivity contribution is 5.84. The Balaban J connectivity index is 1.76. The minimum absolute atomic E-state index is 0.143. The van der Waals surface area contributed by atoms with Crippen LogP contribution in [0.3, 0.4) is 0 Å². The van der Waals surface area contributed by atoms with Gasteiger partial charge in [0.2, 0.25) is 5.91 Å². The van der Waals surface area contributed by atoms with Crippen molar-refractivity contribution in [3.63, 3.8) is 0 Å². The molecule has 0 aliphatic heterocycles. The number of ether oxygens (including phenoxy) is 2. The molecule has 3 aromatic rings. The highest BCUT2D eigenvalue weighted by atomic mass is 19.1. The number of methoxy groups -OCH3 is 2. The molecule has 0 bridgehead atoms. The summed E-state index contributed by atoms with van der Waals surface area (Å²) in [4.78, 5) is 17.1. The van der Waals surface area contributed by atoms with Crippen molar-refractivity contribution >= 4 is 5.91 Å². The summed E-state index contributed by atoms with van der Waals surface area (Å²) >= 11 is 0. The predicted molar refractivity (Wildman–Crippen MR) is 108 cm³/mol. The fourth-order valence-corrected chi connectivity index (χ4v) is 3.11. The van der Waals surface area contributed by atoms with Gasteiger partial charge in [0.15, 0.2) is 11.5 Å². The maximum Gasteiger partial charge on any atom is 0.228 e. The highest BCUT2D eigenvalue weighted by Crippen LogP contribution is 2.28. The van der Waals surface area contributed by atoms with Gasteiger partial charge in [0.25, 0.3) is 0 Å². The fraction of sp³-hybridized carbons (Fsp3) is 0.217. The lowest BCUT2D eigenvalue weighted by Crippen LogP contribution is -2.30. The number of nitrogens with one attached hydrogen (secondary N) is 1. The Morgan fingerprint density at radius 1 is 1.03 bits per heavy atom. The van der Waals surface area contributed by atoms with Crippen molar-refractivity contribution in [2.45, 2.75) is 18.9 Å². The van der Waals surface area contributed by atoms with E-state index < -0.39 is 5.92 Å². The number of hydrogen-bond donors (Lipinski definition) is 1. The van der Waals surface area contributed by atoms with E-state index in [4.69, 9.17) is 9.47 Å². The Kier molecular flexibility index (Phi) is 6.79. The first kappa shape index (κ1) is 20.3. The second kappa shape index (κ2) is 9.68. The Labute approximate surface area is 169 Å². The van der Waals surface area contributed by atoms with Gasteiger partial charge in [-0.2, -0.15) is 0 Å². The summed E-state index contributed by atoms with van der Waals surface area (Å²) < 4.78 is 23.9. The maximum absolute atomic E-state index is 13.3. The molecule has 0 fully saturated rings. The fourth-order valence-electron chi connectivity index (χ4n) is 3.11. The number of nitrogens with zero attached hydrogens (tertiary/aromatic N) is 1. The third-order valence-corrected chi connectivity index (χ3v) is 4.67. The van der Waals surface area contributed by atoms with Gasteiger partial charge in [0.1, 0.15) is 5.82 Å². The lowest BCUT2D eigenvalue weighted by atomic mass is 9.91. The lowest BCUT2D eigenvalue weighted by molar-refractivity contribution is -0.122. The first-order valence-corrected chi connectivity index (χ1v) is 9.23. The minimum Gasteiger partial charge on any atom is -0.493 e. The largest absolute Gasteiger partial charge is 0.493 e. The maximum atomic E-state index is 13.3. The average molecular weight is 394 g/mol.